The number of nitrogens with one attached hydrogen (secondary N) is 2. The number of phosphoric ester groups is 3. The molecule has 7 atom stereocenters. The van der Waals surface area contributed by atoms with Gasteiger partial charge in [0.05, 0.1) is 19.5 Å². The summed E-state index contributed by atoms with van der Waals surface area (Å²) >= 11 is 1.13. The number of phosphoric acid groups is 3. The summed E-state index contributed by atoms with van der Waals surface area (Å²) in [6.45, 7) is 0.783. The van der Waals surface area contributed by atoms with Crippen molar-refractivity contribution >= 4 is 69.1 Å². The minimum atomic E-state index is -5.58. The molecule has 25 nitrogen and oxygen atoms in total. The van der Waals surface area contributed by atoms with Gasteiger partial charge in [0.15, 0.2) is 22.8 Å². The Morgan fingerprint density at radius 3 is 2.22 bits per heavy atom. The molecule has 2 aromatic rings. The van der Waals surface area contributed by atoms with Gasteiger partial charge in [-0.25, -0.2) is 28.6 Å². The number of aliphatic hydroxyl groups excluding tert-OH is 3. The number of carbonyl (C=O) groups is 3. The molecule has 2 amide bonds. The first-order valence-electron chi connectivity index (χ1n) is 22.0. The van der Waals surface area contributed by atoms with Gasteiger partial charge in [-0.15, -0.1) is 0 Å². The minimum absolute atomic E-state index is 0.0301. The van der Waals surface area contributed by atoms with Crippen LogP contribution < -0.4 is 16.4 Å². The third-order valence-electron chi connectivity index (χ3n) is 10.2. The highest BCUT2D eigenvalue weighted by molar-refractivity contribution is 8.13. The van der Waals surface area contributed by atoms with Crippen LogP contribution in [0.5, 0.6) is 0 Å². The standard InChI is InChI=1S/C39H66N7O18P3S/c1-39(2,34(51)37(52)42-20-19-29(48)41-21-23-68-30(49)18-16-14-12-10-8-6-4-3-5-7-9-11-13-15-17-22-47)25-61-67(58,59)64-66(56,57)60-24-28-33(63-65(53,54)55)32(50)38(62-28)46-27-45-31-35(40)43-26-44-36(31)46/h3-4,7,9,26-28,32-34,38,47,50-51H,5-6,8,10-25H2,1-2H3,(H,41,48)(H,42,52)(H,56,57)(H,58,59)(H2,40,43,44)(H2,53,54,55)/b4-3-,9-7-/t28-,32-,33-,34+,38-/m1/s1. The lowest BCUT2D eigenvalue weighted by molar-refractivity contribution is -0.137. The fraction of sp³-hybridized carbons (Fsp3) is 0.692. The summed E-state index contributed by atoms with van der Waals surface area (Å²) in [5, 5.41) is 35.4. The topological polar surface area (TPSA) is 384 Å². The van der Waals surface area contributed by atoms with Crippen molar-refractivity contribution in [3.8, 4) is 0 Å². The van der Waals surface area contributed by atoms with E-state index in [0.717, 1.165) is 99.6 Å². The Balaban J connectivity index is 1.30. The zero-order valence-electron chi connectivity index (χ0n) is 38.0. The number of nitrogen functional groups attached to an aromatic ring is 1. The Kier molecular flexibility index (Phi) is 25.6. The van der Waals surface area contributed by atoms with Crippen LogP contribution in [0.25, 0.3) is 11.2 Å². The number of aliphatic hydroxyl groups is 3. The molecular weight excluding hydrogens is 979 g/mol. The summed E-state index contributed by atoms with van der Waals surface area (Å²) in [7, 11) is -16.4. The quantitative estimate of drug-likeness (QED) is 0.0272. The molecule has 386 valence electrons. The number of ether oxygens (including phenoxy) is 1. The number of unbranched alkanes of at least 4 members (excludes halogenated alkanes) is 8. The average Bonchev–Trinajstić information content (AvgIpc) is 3.83. The molecule has 1 saturated heterocycles. The second-order valence-electron chi connectivity index (χ2n) is 16.3. The predicted molar refractivity (Wildman–Crippen MR) is 248 cm³/mol. The molecular formula is C39H66N7O18P3S. The van der Waals surface area contributed by atoms with Crippen LogP contribution in [0.3, 0.4) is 0 Å². The molecule has 11 N–H and O–H groups in total. The molecule has 0 radical (unpaired) electrons. The molecule has 3 rings (SSSR count). The normalized spacial score (nSPS) is 20.2. The van der Waals surface area contributed by atoms with Crippen molar-refractivity contribution in [1.29, 1.82) is 0 Å². The highest BCUT2D eigenvalue weighted by Gasteiger charge is 2.50. The summed E-state index contributed by atoms with van der Waals surface area (Å²) in [4.78, 5) is 88.3. The lowest BCUT2D eigenvalue weighted by atomic mass is 9.87. The SMILES string of the molecule is CC(C)(COP(=O)(O)OP(=O)(O)OC[C@H]1O[C@@H](n2cnc3c(N)ncnc32)[C@H](O)[C@@H]1OP(=O)(O)O)[C@@H](O)C(=O)NCCC(=O)NCCSC(=O)CCCCCCC/C=C\C/C=C\CCCCCO. The number of amides is 2. The minimum Gasteiger partial charge on any atom is -0.396 e. The Morgan fingerprint density at radius 1 is 0.897 bits per heavy atom. The van der Waals surface area contributed by atoms with Crippen molar-refractivity contribution in [2.45, 2.75) is 128 Å². The van der Waals surface area contributed by atoms with E-state index in [4.69, 9.17) is 24.6 Å². The molecule has 0 bridgehead atoms. The van der Waals surface area contributed by atoms with Crippen molar-refractivity contribution in [3.05, 3.63) is 37.0 Å². The predicted octanol–water partition coefficient (Wildman–Crippen LogP) is 3.45. The van der Waals surface area contributed by atoms with E-state index in [0.29, 0.717) is 12.2 Å². The van der Waals surface area contributed by atoms with Crippen molar-refractivity contribution < 1.29 is 85.6 Å². The van der Waals surface area contributed by atoms with Gasteiger partial charge in [0.25, 0.3) is 0 Å². The van der Waals surface area contributed by atoms with Gasteiger partial charge in [-0.05, 0) is 44.9 Å². The number of nitrogens with two attached hydrogens (primary N) is 1. The Labute approximate surface area is 398 Å². The molecule has 0 aromatic carbocycles. The number of fused-ring (bicyclic) bond motifs is 1. The second-order valence-corrected chi connectivity index (χ2v) is 21.7. The van der Waals surface area contributed by atoms with Crippen molar-refractivity contribution in [2.75, 3.05) is 44.4 Å². The highest BCUT2D eigenvalue weighted by atomic mass is 32.2. The van der Waals surface area contributed by atoms with E-state index in [-0.39, 0.29) is 48.2 Å². The highest BCUT2D eigenvalue weighted by Crippen LogP contribution is 2.61. The lowest BCUT2D eigenvalue weighted by Gasteiger charge is -2.30. The number of thioether (sulfide) groups is 1. The molecule has 2 aromatic heterocycles. The van der Waals surface area contributed by atoms with Crippen LogP contribution in [0.4, 0.5) is 5.82 Å². The number of imidazole rings is 1. The van der Waals surface area contributed by atoms with E-state index < -0.39 is 84.6 Å². The lowest BCUT2D eigenvalue weighted by Crippen LogP contribution is -2.46. The molecule has 2 unspecified atom stereocenters. The smallest absolute Gasteiger partial charge is 0.396 e. The van der Waals surface area contributed by atoms with Crippen LogP contribution in [-0.2, 0) is 50.7 Å². The Hall–Kier alpha value is -3.00. The number of nitrogens with zero attached hydrogens (tertiary/aromatic N) is 4. The maximum Gasteiger partial charge on any atom is 0.481 e. The third kappa shape index (κ3) is 22.0. The number of allylic oxidation sites excluding steroid dienone is 4. The van der Waals surface area contributed by atoms with Crippen LogP contribution in [0.15, 0.2) is 37.0 Å². The third-order valence-corrected chi connectivity index (χ3v) is 14.2. The molecule has 0 spiro atoms. The molecule has 1 fully saturated rings. The van der Waals surface area contributed by atoms with E-state index in [9.17, 15) is 57.9 Å². The van der Waals surface area contributed by atoms with Crippen LogP contribution >= 0.6 is 35.2 Å². The molecule has 0 saturated carbocycles. The van der Waals surface area contributed by atoms with Crippen LogP contribution in [0, 0.1) is 5.41 Å². The van der Waals surface area contributed by atoms with E-state index in [1.165, 1.54) is 13.8 Å². The number of hydrogen-bond acceptors (Lipinski definition) is 19. The first-order valence-corrected chi connectivity index (χ1v) is 27.5. The average molecular weight is 1050 g/mol. The summed E-state index contributed by atoms with van der Waals surface area (Å²) in [6, 6.07) is 0. The summed E-state index contributed by atoms with van der Waals surface area (Å²) < 4.78 is 62.4. The van der Waals surface area contributed by atoms with Gasteiger partial charge >= 0.3 is 23.5 Å². The molecule has 0 aliphatic carbocycles. The van der Waals surface area contributed by atoms with E-state index >= 15 is 0 Å². The van der Waals surface area contributed by atoms with E-state index in [1.807, 2.05) is 0 Å². The number of aromatic nitrogens is 4. The van der Waals surface area contributed by atoms with Crippen molar-refractivity contribution in [3.63, 3.8) is 0 Å². The van der Waals surface area contributed by atoms with Crippen LogP contribution in [-0.4, -0.2) is 134 Å². The van der Waals surface area contributed by atoms with Gasteiger partial charge in [-0.1, -0.05) is 75.6 Å². The second kappa shape index (κ2) is 29.4. The van der Waals surface area contributed by atoms with Gasteiger partial charge in [0.1, 0.15) is 36.3 Å². The zero-order chi connectivity index (χ0) is 50.4. The van der Waals surface area contributed by atoms with Gasteiger partial charge in [0, 0.05) is 43.7 Å². The first-order chi connectivity index (χ1) is 32.1. The number of rotatable bonds is 34. The van der Waals surface area contributed by atoms with Crippen molar-refractivity contribution in [2.24, 2.45) is 5.41 Å². The largest absolute Gasteiger partial charge is 0.481 e. The molecule has 1 aliphatic heterocycles. The fourth-order valence-electron chi connectivity index (χ4n) is 6.49. The Morgan fingerprint density at radius 2 is 1.54 bits per heavy atom. The molecule has 3 heterocycles. The van der Waals surface area contributed by atoms with Crippen LogP contribution in [0.1, 0.15) is 104 Å². The monoisotopic (exact) mass is 1050 g/mol. The van der Waals surface area contributed by atoms with E-state index in [1.54, 1.807) is 0 Å². The fourth-order valence-corrected chi connectivity index (χ4v) is 10.0. The molecule has 29 heteroatoms. The number of carbonyl (C=O) groups excluding carboxylic acids is 3. The molecule has 68 heavy (non-hydrogen) atoms. The maximum atomic E-state index is 12.7. The first kappa shape index (κ1) is 59.3. The number of hydrogen-bond donors (Lipinski definition) is 10. The summed E-state index contributed by atoms with van der Waals surface area (Å²) in [6.07, 6.45) is 13.3. The van der Waals surface area contributed by atoms with Gasteiger partial charge in [0.2, 0.25) is 11.8 Å². The Bertz CT molecular complexity index is 2110. The van der Waals surface area contributed by atoms with Crippen LogP contribution in [0.2, 0.25) is 0 Å². The van der Waals surface area contributed by atoms with E-state index in [2.05, 4.69) is 58.7 Å². The van der Waals surface area contributed by atoms with Gasteiger partial charge in [-0.3, -0.25) is 32.5 Å². The van der Waals surface area contributed by atoms with Crippen molar-refractivity contribution in [1.82, 2.24) is 30.2 Å². The maximum absolute atomic E-state index is 12.7. The molecule has 1 aliphatic rings. The summed E-state index contributed by atoms with van der Waals surface area (Å²) in [5.41, 5.74) is 4.27. The van der Waals surface area contributed by atoms with Gasteiger partial charge < -0.3 is 56.0 Å². The number of anilines is 1. The zero-order valence-corrected chi connectivity index (χ0v) is 41.5. The summed E-state index contributed by atoms with van der Waals surface area (Å²) in [5.74, 6) is -1.07. The van der Waals surface area contributed by atoms with Gasteiger partial charge in [-0.2, -0.15) is 4.31 Å².